The first-order valence-electron chi connectivity index (χ1n) is 7.70. The molecule has 2 N–H and O–H groups in total. The minimum atomic E-state index is 0.113. The molecule has 0 saturated heterocycles. The van der Waals surface area contributed by atoms with E-state index < -0.39 is 0 Å². The minimum absolute atomic E-state index is 0.113. The second kappa shape index (κ2) is 5.28. The van der Waals surface area contributed by atoms with Crippen LogP contribution in [0.1, 0.15) is 51.1 Å². The SMILES string of the molecule is CC1(C)CCC(C(N)c2ccc3c(c2)OCCO3)CC1. The van der Waals surface area contributed by atoms with Crippen LogP contribution >= 0.6 is 0 Å². The van der Waals surface area contributed by atoms with E-state index in [2.05, 4.69) is 26.0 Å². The first-order valence-corrected chi connectivity index (χ1v) is 7.70. The van der Waals surface area contributed by atoms with Crippen LogP contribution in [0.25, 0.3) is 0 Å². The van der Waals surface area contributed by atoms with Gasteiger partial charge in [0.15, 0.2) is 11.5 Å². The highest BCUT2D eigenvalue weighted by Crippen LogP contribution is 2.43. The predicted octanol–water partition coefficient (Wildman–Crippen LogP) is 3.67. The average Bonchev–Trinajstić information content (AvgIpc) is 2.46. The number of benzene rings is 1. The summed E-state index contributed by atoms with van der Waals surface area (Å²) in [5, 5.41) is 0. The molecule has 1 aliphatic heterocycles. The molecule has 1 atom stereocenters. The highest BCUT2D eigenvalue weighted by atomic mass is 16.6. The molecule has 1 fully saturated rings. The summed E-state index contributed by atoms with van der Waals surface area (Å²) in [4.78, 5) is 0. The van der Waals surface area contributed by atoms with Crippen molar-refractivity contribution in [2.75, 3.05) is 13.2 Å². The van der Waals surface area contributed by atoms with Gasteiger partial charge in [-0.1, -0.05) is 19.9 Å². The molecular weight excluding hydrogens is 250 g/mol. The van der Waals surface area contributed by atoms with Crippen LogP contribution in [0, 0.1) is 11.3 Å². The molecule has 3 nitrogen and oxygen atoms in total. The summed E-state index contributed by atoms with van der Waals surface area (Å²) in [5.74, 6) is 2.28. The summed E-state index contributed by atoms with van der Waals surface area (Å²) in [6.07, 6.45) is 5.00. The molecule has 1 unspecified atom stereocenters. The van der Waals surface area contributed by atoms with Crippen LogP contribution in [0.15, 0.2) is 18.2 Å². The van der Waals surface area contributed by atoms with E-state index in [4.69, 9.17) is 15.2 Å². The molecule has 3 heteroatoms. The van der Waals surface area contributed by atoms with Gasteiger partial charge in [0.2, 0.25) is 0 Å². The van der Waals surface area contributed by atoms with Gasteiger partial charge in [0.25, 0.3) is 0 Å². The van der Waals surface area contributed by atoms with Gasteiger partial charge in [0.05, 0.1) is 0 Å². The molecular formula is C17H25NO2. The van der Waals surface area contributed by atoms with E-state index in [1.54, 1.807) is 0 Å². The third kappa shape index (κ3) is 2.78. The average molecular weight is 275 g/mol. The highest BCUT2D eigenvalue weighted by Gasteiger charge is 2.30. The summed E-state index contributed by atoms with van der Waals surface area (Å²) in [6, 6.07) is 6.27. The van der Waals surface area contributed by atoms with Crippen molar-refractivity contribution < 1.29 is 9.47 Å². The zero-order valence-electron chi connectivity index (χ0n) is 12.5. The number of nitrogens with two attached hydrogens (primary N) is 1. The molecule has 2 aliphatic rings. The van der Waals surface area contributed by atoms with E-state index in [0.717, 1.165) is 11.5 Å². The van der Waals surface area contributed by atoms with Gasteiger partial charge in [-0.15, -0.1) is 0 Å². The molecule has 0 bridgehead atoms. The molecule has 1 heterocycles. The van der Waals surface area contributed by atoms with Crippen LogP contribution in [0.4, 0.5) is 0 Å². The fourth-order valence-corrected chi connectivity index (χ4v) is 3.32. The lowest BCUT2D eigenvalue weighted by atomic mass is 9.70. The van der Waals surface area contributed by atoms with E-state index in [9.17, 15) is 0 Å². The van der Waals surface area contributed by atoms with Crippen molar-refractivity contribution in [3.8, 4) is 11.5 Å². The van der Waals surface area contributed by atoms with Gasteiger partial charge in [-0.3, -0.25) is 0 Å². The number of rotatable bonds is 2. The van der Waals surface area contributed by atoms with Gasteiger partial charge in [0.1, 0.15) is 13.2 Å². The maximum atomic E-state index is 6.50. The Morgan fingerprint density at radius 1 is 1.10 bits per heavy atom. The van der Waals surface area contributed by atoms with Gasteiger partial charge < -0.3 is 15.2 Å². The Labute approximate surface area is 121 Å². The van der Waals surface area contributed by atoms with Crippen molar-refractivity contribution in [1.29, 1.82) is 0 Å². The zero-order chi connectivity index (χ0) is 14.2. The van der Waals surface area contributed by atoms with E-state index in [-0.39, 0.29) is 6.04 Å². The van der Waals surface area contributed by atoms with Gasteiger partial charge in [-0.05, 0) is 54.7 Å². The Morgan fingerprint density at radius 2 is 1.75 bits per heavy atom. The molecule has 0 radical (unpaired) electrons. The smallest absolute Gasteiger partial charge is 0.161 e. The lowest BCUT2D eigenvalue weighted by Gasteiger charge is -2.37. The molecule has 0 spiro atoms. The van der Waals surface area contributed by atoms with Crippen molar-refractivity contribution in [2.24, 2.45) is 17.1 Å². The molecule has 3 rings (SSSR count). The third-order valence-electron chi connectivity index (χ3n) is 4.84. The fourth-order valence-electron chi connectivity index (χ4n) is 3.32. The number of fused-ring (bicyclic) bond motifs is 1. The van der Waals surface area contributed by atoms with Gasteiger partial charge >= 0.3 is 0 Å². The molecule has 110 valence electrons. The molecule has 1 saturated carbocycles. The lowest BCUT2D eigenvalue weighted by Crippen LogP contribution is -2.29. The second-order valence-corrected chi connectivity index (χ2v) is 6.93. The van der Waals surface area contributed by atoms with Crippen LogP contribution in [0.3, 0.4) is 0 Å². The van der Waals surface area contributed by atoms with E-state index >= 15 is 0 Å². The third-order valence-corrected chi connectivity index (χ3v) is 4.84. The van der Waals surface area contributed by atoms with E-state index in [0.29, 0.717) is 24.5 Å². The standard InChI is InChI=1S/C17H25NO2/c1-17(2)7-5-12(6-8-17)16(18)13-3-4-14-15(11-13)20-10-9-19-14/h3-4,11-12,16H,5-10,18H2,1-2H3. The number of hydrogen-bond donors (Lipinski definition) is 1. The van der Waals surface area contributed by atoms with Gasteiger partial charge in [-0.25, -0.2) is 0 Å². The zero-order valence-corrected chi connectivity index (χ0v) is 12.5. The summed E-state index contributed by atoms with van der Waals surface area (Å²) < 4.78 is 11.2. The summed E-state index contributed by atoms with van der Waals surface area (Å²) >= 11 is 0. The van der Waals surface area contributed by atoms with Crippen molar-refractivity contribution >= 4 is 0 Å². The van der Waals surface area contributed by atoms with Crippen molar-refractivity contribution in [3.05, 3.63) is 23.8 Å². The van der Waals surface area contributed by atoms with Gasteiger partial charge in [-0.2, -0.15) is 0 Å². The Kier molecular flexibility index (Phi) is 3.63. The predicted molar refractivity (Wildman–Crippen MR) is 80.1 cm³/mol. The highest BCUT2D eigenvalue weighted by molar-refractivity contribution is 5.44. The summed E-state index contributed by atoms with van der Waals surface area (Å²) in [6.45, 7) is 5.98. The molecule has 1 aliphatic carbocycles. The van der Waals surface area contributed by atoms with Crippen LogP contribution in [-0.2, 0) is 0 Å². The van der Waals surface area contributed by atoms with Crippen molar-refractivity contribution in [1.82, 2.24) is 0 Å². The number of ether oxygens (including phenoxy) is 2. The van der Waals surface area contributed by atoms with Crippen LogP contribution < -0.4 is 15.2 Å². The largest absolute Gasteiger partial charge is 0.486 e. The first-order chi connectivity index (χ1) is 9.55. The summed E-state index contributed by atoms with van der Waals surface area (Å²) in [5.41, 5.74) is 8.16. The van der Waals surface area contributed by atoms with E-state index in [1.807, 2.05) is 6.07 Å². The molecule has 0 aromatic heterocycles. The Morgan fingerprint density at radius 3 is 2.45 bits per heavy atom. The minimum Gasteiger partial charge on any atom is -0.486 e. The topological polar surface area (TPSA) is 44.5 Å². The van der Waals surface area contributed by atoms with Gasteiger partial charge in [0, 0.05) is 6.04 Å². The summed E-state index contributed by atoms with van der Waals surface area (Å²) in [7, 11) is 0. The number of hydrogen-bond acceptors (Lipinski definition) is 3. The molecule has 0 amide bonds. The quantitative estimate of drug-likeness (QED) is 0.895. The molecule has 1 aromatic rings. The monoisotopic (exact) mass is 275 g/mol. The Bertz CT molecular complexity index is 474. The maximum Gasteiger partial charge on any atom is 0.161 e. The Hall–Kier alpha value is -1.22. The molecule has 20 heavy (non-hydrogen) atoms. The van der Waals surface area contributed by atoms with Crippen LogP contribution in [0.5, 0.6) is 11.5 Å². The Balaban J connectivity index is 1.72. The van der Waals surface area contributed by atoms with Crippen LogP contribution in [-0.4, -0.2) is 13.2 Å². The van der Waals surface area contributed by atoms with E-state index in [1.165, 1.54) is 31.2 Å². The molecule has 1 aromatic carbocycles. The maximum absolute atomic E-state index is 6.50. The normalized spacial score (nSPS) is 23.4. The second-order valence-electron chi connectivity index (χ2n) is 6.93. The van der Waals surface area contributed by atoms with Crippen LogP contribution in [0.2, 0.25) is 0 Å². The van der Waals surface area contributed by atoms with Crippen molar-refractivity contribution in [3.63, 3.8) is 0 Å². The first kappa shape index (κ1) is 13.7. The van der Waals surface area contributed by atoms with Crippen molar-refractivity contribution in [2.45, 2.75) is 45.6 Å². The fraction of sp³-hybridized carbons (Fsp3) is 0.647. The lowest BCUT2D eigenvalue weighted by molar-refractivity contribution is 0.167.